The van der Waals surface area contributed by atoms with Gasteiger partial charge in [-0.2, -0.15) is 0 Å². The molecule has 0 rings (SSSR count). The monoisotopic (exact) mass is 297 g/mol. The lowest BCUT2D eigenvalue weighted by atomic mass is 10.2. The summed E-state index contributed by atoms with van der Waals surface area (Å²) in [7, 11) is 0. The van der Waals surface area contributed by atoms with Crippen molar-refractivity contribution in [2.24, 2.45) is 17.2 Å². The van der Waals surface area contributed by atoms with Gasteiger partial charge in [-0.05, 0) is 20.8 Å². The molecule has 0 aromatic carbocycles. The van der Waals surface area contributed by atoms with E-state index in [1.165, 1.54) is 20.8 Å². The Hall–Kier alpha value is -1.75. The predicted molar refractivity (Wildman–Crippen MR) is 69.9 cm³/mol. The lowest BCUT2D eigenvalue weighted by Crippen LogP contribution is -2.39. The fraction of sp³-hybridized carbons (Fsp3) is 0.700. The Morgan fingerprint density at radius 2 is 0.950 bits per heavy atom. The maximum atomic E-state index is 9.86. The van der Waals surface area contributed by atoms with Crippen LogP contribution in [0.2, 0.25) is 0 Å². The maximum absolute atomic E-state index is 9.86. The van der Waals surface area contributed by atoms with Crippen LogP contribution in [-0.2, 0) is 14.4 Å². The molecule has 0 heterocycles. The zero-order valence-electron chi connectivity index (χ0n) is 11.6. The number of aliphatic carboxylic acids is 3. The van der Waals surface area contributed by atoms with Gasteiger partial charge >= 0.3 is 17.9 Å². The molecule has 4 atom stereocenters. The fourth-order valence-corrected chi connectivity index (χ4v) is 0.206. The first kappa shape index (κ1) is 23.4. The first-order valence-corrected chi connectivity index (χ1v) is 5.47. The Morgan fingerprint density at radius 1 is 0.750 bits per heavy atom. The zero-order valence-corrected chi connectivity index (χ0v) is 11.6. The highest BCUT2D eigenvalue weighted by atomic mass is 16.4. The van der Waals surface area contributed by atoms with E-state index in [0.29, 0.717) is 0 Å². The Labute approximate surface area is 116 Å². The van der Waals surface area contributed by atoms with Crippen molar-refractivity contribution in [1.82, 2.24) is 0 Å². The molecule has 0 aliphatic rings. The van der Waals surface area contributed by atoms with E-state index in [1.54, 1.807) is 0 Å². The lowest BCUT2D eigenvalue weighted by Gasteiger charge is -2.06. The number of rotatable bonds is 4. The molecule has 0 saturated carbocycles. The third-order valence-corrected chi connectivity index (χ3v) is 1.58. The standard InChI is InChI=1S/C4H9NO3.2C3H7NO2/c1-2(6)3(5)4(7)8;2*1-2(4)3(5)6/h2-3,6H,5H2,1H3,(H,7,8);2*2H,4H2,1H3,(H,5,6)/t2-,3+;2*2-/m100/s1. The summed E-state index contributed by atoms with van der Waals surface area (Å²) in [5, 5.41) is 32.3. The van der Waals surface area contributed by atoms with Crippen LogP contribution in [0, 0.1) is 0 Å². The molecule has 0 amide bonds. The summed E-state index contributed by atoms with van der Waals surface area (Å²) in [6, 6.07) is -2.62. The molecular formula is C10H23N3O7. The minimum Gasteiger partial charge on any atom is -0.480 e. The lowest BCUT2D eigenvalue weighted by molar-refractivity contribution is -0.141. The molecule has 0 spiro atoms. The van der Waals surface area contributed by atoms with E-state index >= 15 is 0 Å². The third kappa shape index (κ3) is 18.6. The van der Waals surface area contributed by atoms with Crippen molar-refractivity contribution in [2.45, 2.75) is 45.0 Å². The molecule has 10 nitrogen and oxygen atoms in total. The van der Waals surface area contributed by atoms with E-state index in [1.807, 2.05) is 0 Å². The average molecular weight is 297 g/mol. The summed E-state index contributed by atoms with van der Waals surface area (Å²) >= 11 is 0. The van der Waals surface area contributed by atoms with Gasteiger partial charge in [0.25, 0.3) is 0 Å². The van der Waals surface area contributed by atoms with Gasteiger partial charge in [0.15, 0.2) is 0 Å². The van der Waals surface area contributed by atoms with E-state index in [0.717, 1.165) is 0 Å². The smallest absolute Gasteiger partial charge is 0.323 e. The summed E-state index contributed by atoms with van der Waals surface area (Å²) in [4.78, 5) is 29.0. The minimum atomic E-state index is -1.18. The number of carbonyl (C=O) groups is 3. The molecule has 120 valence electrons. The van der Waals surface area contributed by atoms with Crippen LogP contribution in [-0.4, -0.2) is 62.6 Å². The number of hydrogen-bond donors (Lipinski definition) is 7. The summed E-state index contributed by atoms with van der Waals surface area (Å²) in [5.74, 6) is -3.11. The van der Waals surface area contributed by atoms with Gasteiger partial charge in [-0.15, -0.1) is 0 Å². The molecule has 0 saturated heterocycles. The predicted octanol–water partition coefficient (Wildman–Crippen LogP) is -2.38. The second-order valence-corrected chi connectivity index (χ2v) is 3.86. The number of nitrogens with two attached hydrogens (primary N) is 3. The Kier molecular flexibility index (Phi) is 14.4. The molecule has 0 unspecified atom stereocenters. The summed E-state index contributed by atoms with van der Waals surface area (Å²) in [6.45, 7) is 4.17. The van der Waals surface area contributed by atoms with E-state index in [-0.39, 0.29) is 0 Å². The molecule has 0 aliphatic heterocycles. The summed E-state index contributed by atoms with van der Waals surface area (Å²) in [6.07, 6.45) is -0.979. The van der Waals surface area contributed by atoms with Gasteiger partial charge in [-0.3, -0.25) is 14.4 Å². The summed E-state index contributed by atoms with van der Waals surface area (Å²) < 4.78 is 0. The van der Waals surface area contributed by atoms with Crippen molar-refractivity contribution in [1.29, 1.82) is 0 Å². The van der Waals surface area contributed by atoms with Gasteiger partial charge in [-0.1, -0.05) is 0 Å². The van der Waals surface area contributed by atoms with Gasteiger partial charge in [0.05, 0.1) is 6.10 Å². The van der Waals surface area contributed by atoms with Crippen molar-refractivity contribution in [2.75, 3.05) is 0 Å². The highest BCUT2D eigenvalue weighted by molar-refractivity contribution is 5.73. The van der Waals surface area contributed by atoms with E-state index in [9.17, 15) is 14.4 Å². The van der Waals surface area contributed by atoms with Gasteiger partial charge in [0, 0.05) is 0 Å². The normalized spacial score (nSPS) is 15.2. The first-order valence-electron chi connectivity index (χ1n) is 5.47. The molecule has 0 aromatic rings. The largest absolute Gasteiger partial charge is 0.480 e. The number of carboxylic acids is 3. The van der Waals surface area contributed by atoms with Crippen LogP contribution in [0.25, 0.3) is 0 Å². The van der Waals surface area contributed by atoms with E-state index in [4.69, 9.17) is 37.6 Å². The highest BCUT2D eigenvalue weighted by Crippen LogP contribution is 1.85. The van der Waals surface area contributed by atoms with Crippen LogP contribution in [0.15, 0.2) is 0 Å². The van der Waals surface area contributed by atoms with Gasteiger partial charge in [0.2, 0.25) is 0 Å². The number of aliphatic hydroxyl groups is 1. The van der Waals surface area contributed by atoms with Gasteiger partial charge < -0.3 is 37.6 Å². The van der Waals surface area contributed by atoms with Crippen molar-refractivity contribution in [3.8, 4) is 0 Å². The molecule has 0 radical (unpaired) electrons. The number of carboxylic acid groups (broad SMARTS) is 3. The Balaban J connectivity index is -0.000000221. The minimum absolute atomic E-state index is 0.731. The molecule has 20 heavy (non-hydrogen) atoms. The molecule has 0 fully saturated rings. The molecule has 0 bridgehead atoms. The van der Waals surface area contributed by atoms with E-state index < -0.39 is 42.1 Å². The van der Waals surface area contributed by atoms with Gasteiger partial charge in [0.1, 0.15) is 18.1 Å². The molecule has 10 heteroatoms. The second kappa shape index (κ2) is 12.3. The van der Waals surface area contributed by atoms with Crippen LogP contribution >= 0.6 is 0 Å². The third-order valence-electron chi connectivity index (χ3n) is 1.58. The van der Waals surface area contributed by atoms with Gasteiger partial charge in [-0.25, -0.2) is 0 Å². The SMILES string of the molecule is C[C@@H](O)[C@H](N)C(=O)O.C[C@H](N)C(=O)O.C[C@H](N)C(=O)O. The van der Waals surface area contributed by atoms with Crippen LogP contribution in [0.3, 0.4) is 0 Å². The van der Waals surface area contributed by atoms with Crippen LogP contribution < -0.4 is 17.2 Å². The number of hydrogen-bond acceptors (Lipinski definition) is 7. The molecule has 0 aliphatic carbocycles. The van der Waals surface area contributed by atoms with Crippen LogP contribution in [0.5, 0.6) is 0 Å². The molecule has 0 aromatic heterocycles. The first-order chi connectivity index (χ1) is 8.84. The van der Waals surface area contributed by atoms with Crippen LogP contribution in [0.4, 0.5) is 0 Å². The van der Waals surface area contributed by atoms with Crippen molar-refractivity contribution in [3.05, 3.63) is 0 Å². The maximum Gasteiger partial charge on any atom is 0.323 e. The molecular weight excluding hydrogens is 274 g/mol. The van der Waals surface area contributed by atoms with Crippen LogP contribution in [0.1, 0.15) is 20.8 Å². The van der Waals surface area contributed by atoms with Crippen molar-refractivity contribution in [3.63, 3.8) is 0 Å². The average Bonchev–Trinajstić information content (AvgIpc) is 2.28. The second-order valence-electron chi connectivity index (χ2n) is 3.86. The molecule has 10 N–H and O–H groups in total. The Bertz CT molecular complexity index is 287. The Morgan fingerprint density at radius 3 is 0.950 bits per heavy atom. The topological polar surface area (TPSA) is 210 Å². The van der Waals surface area contributed by atoms with Crippen molar-refractivity contribution < 1.29 is 34.8 Å². The fourth-order valence-electron chi connectivity index (χ4n) is 0.206. The highest BCUT2D eigenvalue weighted by Gasteiger charge is 2.16. The zero-order chi connectivity index (χ0) is 17.0. The quantitative estimate of drug-likeness (QED) is 0.292. The summed E-state index contributed by atoms with van der Waals surface area (Å²) in [5.41, 5.74) is 14.6. The van der Waals surface area contributed by atoms with E-state index in [2.05, 4.69) is 0 Å². The van der Waals surface area contributed by atoms with Crippen molar-refractivity contribution >= 4 is 17.9 Å². The number of aliphatic hydroxyl groups excluding tert-OH is 1.